The second-order valence-corrected chi connectivity index (χ2v) is 12.1. The van der Waals surface area contributed by atoms with Gasteiger partial charge in [-0.15, -0.1) is 11.8 Å². The van der Waals surface area contributed by atoms with E-state index in [-0.39, 0.29) is 28.8 Å². The molecule has 3 nitrogen and oxygen atoms in total. The summed E-state index contributed by atoms with van der Waals surface area (Å²) >= 11 is 1.73. The van der Waals surface area contributed by atoms with Gasteiger partial charge in [-0.3, -0.25) is 4.79 Å². The van der Waals surface area contributed by atoms with Gasteiger partial charge in [0.2, 0.25) is 0 Å². The van der Waals surface area contributed by atoms with Crippen LogP contribution in [0.1, 0.15) is 65.4 Å². The molecule has 30 heavy (non-hydrogen) atoms. The van der Waals surface area contributed by atoms with Crippen molar-refractivity contribution in [3.63, 3.8) is 0 Å². The normalized spacial score (nSPS) is 46.2. The van der Waals surface area contributed by atoms with Crippen LogP contribution in [0.15, 0.2) is 30.3 Å². The Morgan fingerprint density at radius 3 is 2.47 bits per heavy atom. The molecule has 0 spiro atoms. The van der Waals surface area contributed by atoms with Gasteiger partial charge in [0.25, 0.3) is 0 Å². The highest BCUT2D eigenvalue weighted by atomic mass is 32.2. The monoisotopic (exact) mass is 430 g/mol. The molecule has 3 saturated carbocycles. The number of rotatable bonds is 4. The van der Waals surface area contributed by atoms with Crippen molar-refractivity contribution in [2.75, 3.05) is 7.11 Å². The molecule has 0 aliphatic heterocycles. The largest absolute Gasteiger partial charge is 0.392 e. The van der Waals surface area contributed by atoms with Crippen LogP contribution in [-0.4, -0.2) is 35.0 Å². The Morgan fingerprint density at radius 1 is 1.13 bits per heavy atom. The zero-order valence-corrected chi connectivity index (χ0v) is 20.0. The van der Waals surface area contributed by atoms with Crippen molar-refractivity contribution >= 4 is 17.5 Å². The summed E-state index contributed by atoms with van der Waals surface area (Å²) in [7, 11) is 1.81. The van der Waals surface area contributed by atoms with Gasteiger partial charge in [0, 0.05) is 24.2 Å². The smallest absolute Gasteiger partial charge is 0.152 e. The van der Waals surface area contributed by atoms with Gasteiger partial charge in [-0.05, 0) is 61.8 Å². The maximum atomic E-state index is 14.0. The third-order valence-corrected chi connectivity index (χ3v) is 10.9. The Morgan fingerprint density at radius 2 is 1.80 bits per heavy atom. The highest BCUT2D eigenvalue weighted by molar-refractivity contribution is 8.00. The minimum atomic E-state index is -0.573. The molecule has 1 N–H and O–H groups in total. The molecule has 1 aromatic carbocycles. The fourth-order valence-corrected chi connectivity index (χ4v) is 8.63. The van der Waals surface area contributed by atoms with E-state index in [1.165, 1.54) is 5.56 Å². The van der Waals surface area contributed by atoms with Crippen molar-refractivity contribution in [1.29, 1.82) is 0 Å². The van der Waals surface area contributed by atoms with E-state index in [0.717, 1.165) is 31.4 Å². The first kappa shape index (κ1) is 22.4. The Bertz CT molecular complexity index is 782. The predicted molar refractivity (Wildman–Crippen MR) is 123 cm³/mol. The van der Waals surface area contributed by atoms with Crippen LogP contribution in [-0.2, 0) is 15.3 Å². The standard InChI is InChI=1S/C26H38O3S/c1-17-11-13-26-14-12-20(29-5)22(26)25(17,4)21(27)15-24(3,23(28)18(26)2)30-16-19-9-7-6-8-10-19/h6-10,17-18,20-22,27H,11-16H2,1-5H3/t17-,18+,20-,21-,22?,24-,25+,26?/m1/s1. The molecule has 0 heterocycles. The molecule has 2 bridgehead atoms. The first-order valence-corrected chi connectivity index (χ1v) is 12.6. The van der Waals surface area contributed by atoms with Crippen molar-refractivity contribution in [2.24, 2.45) is 28.6 Å². The van der Waals surface area contributed by atoms with Crippen molar-refractivity contribution in [3.05, 3.63) is 35.9 Å². The summed E-state index contributed by atoms with van der Waals surface area (Å²) in [6, 6.07) is 10.4. The number of benzene rings is 1. The number of Topliss-reactive ketones (excluding diaryl/α,β-unsaturated/α-hetero) is 1. The molecular weight excluding hydrogens is 392 g/mol. The first-order valence-electron chi connectivity index (χ1n) is 11.6. The first-order chi connectivity index (χ1) is 14.2. The number of aliphatic hydroxyl groups is 1. The molecule has 3 aliphatic rings. The lowest BCUT2D eigenvalue weighted by Gasteiger charge is -2.61. The third kappa shape index (κ3) is 3.20. The van der Waals surface area contributed by atoms with Gasteiger partial charge in [-0.25, -0.2) is 0 Å². The molecule has 0 radical (unpaired) electrons. The second kappa shape index (κ2) is 7.94. The van der Waals surface area contributed by atoms with E-state index in [4.69, 9.17) is 4.74 Å². The van der Waals surface area contributed by atoms with Gasteiger partial charge < -0.3 is 9.84 Å². The Kier molecular flexibility index (Phi) is 5.91. The van der Waals surface area contributed by atoms with Gasteiger partial charge in [-0.1, -0.05) is 51.1 Å². The molecule has 166 valence electrons. The van der Waals surface area contributed by atoms with Gasteiger partial charge in [-0.2, -0.15) is 0 Å². The molecule has 0 amide bonds. The van der Waals surface area contributed by atoms with Crippen LogP contribution in [0.4, 0.5) is 0 Å². The lowest BCUT2D eigenvalue weighted by atomic mass is 9.45. The molecule has 4 heteroatoms. The van der Waals surface area contributed by atoms with E-state index < -0.39 is 10.9 Å². The van der Waals surface area contributed by atoms with Crippen molar-refractivity contribution in [1.82, 2.24) is 0 Å². The highest BCUT2D eigenvalue weighted by Gasteiger charge is 2.67. The third-order valence-electron chi connectivity index (χ3n) is 9.44. The van der Waals surface area contributed by atoms with Crippen LogP contribution in [0, 0.1) is 28.6 Å². The van der Waals surface area contributed by atoms with Gasteiger partial charge >= 0.3 is 0 Å². The second-order valence-electron chi connectivity index (χ2n) is 10.6. The lowest BCUT2D eigenvalue weighted by molar-refractivity contribution is -0.182. The van der Waals surface area contributed by atoms with Crippen molar-refractivity contribution in [3.8, 4) is 0 Å². The summed E-state index contributed by atoms with van der Waals surface area (Å²) in [5.41, 5.74) is 0.963. The van der Waals surface area contributed by atoms with E-state index in [2.05, 4.69) is 52.0 Å². The SMILES string of the molecule is CO[C@@H]1CCC23CC[C@@H](C)[C@](C)(C12)[C@H](O)C[C@@](C)(SCc1ccccc1)C(=O)[C@@H]3C. The molecule has 3 fully saturated rings. The molecule has 1 aromatic rings. The maximum Gasteiger partial charge on any atom is 0.152 e. The number of carbonyl (C=O) groups excluding carboxylic acids is 1. The van der Waals surface area contributed by atoms with Crippen molar-refractivity contribution < 1.29 is 14.6 Å². The zero-order valence-electron chi connectivity index (χ0n) is 19.2. The fraction of sp³-hybridized carbons (Fsp3) is 0.731. The summed E-state index contributed by atoms with van der Waals surface area (Å²) in [4.78, 5) is 14.0. The van der Waals surface area contributed by atoms with Crippen LogP contribution in [0.25, 0.3) is 0 Å². The quantitative estimate of drug-likeness (QED) is 0.685. The topological polar surface area (TPSA) is 46.5 Å². The number of methoxy groups -OCH3 is 1. The van der Waals surface area contributed by atoms with Gasteiger partial charge in [0.05, 0.1) is 17.0 Å². The summed E-state index contributed by atoms with van der Waals surface area (Å²) in [6.45, 7) is 8.87. The highest BCUT2D eigenvalue weighted by Crippen LogP contribution is 2.68. The minimum Gasteiger partial charge on any atom is -0.392 e. The van der Waals surface area contributed by atoms with Crippen LogP contribution >= 0.6 is 11.8 Å². The Balaban J connectivity index is 1.73. The minimum absolute atomic E-state index is 0.00440. The maximum absolute atomic E-state index is 14.0. The number of thioether (sulfide) groups is 1. The van der Waals surface area contributed by atoms with E-state index in [1.807, 2.05) is 13.2 Å². The van der Waals surface area contributed by atoms with E-state index >= 15 is 0 Å². The Labute approximate surface area is 186 Å². The van der Waals surface area contributed by atoms with Gasteiger partial charge in [0.1, 0.15) is 0 Å². The van der Waals surface area contributed by atoms with Crippen LogP contribution in [0.5, 0.6) is 0 Å². The number of ether oxygens (including phenoxy) is 1. The van der Waals surface area contributed by atoms with Crippen molar-refractivity contribution in [2.45, 2.75) is 82.5 Å². The molecule has 0 aromatic heterocycles. The summed E-state index contributed by atoms with van der Waals surface area (Å²) < 4.78 is 5.41. The predicted octanol–water partition coefficient (Wildman–Crippen LogP) is 5.50. The van der Waals surface area contributed by atoms with Crippen LogP contribution in [0.3, 0.4) is 0 Å². The molecule has 4 rings (SSSR count). The number of ketones is 1. The van der Waals surface area contributed by atoms with E-state index in [9.17, 15) is 9.90 Å². The number of hydrogen-bond acceptors (Lipinski definition) is 4. The molecule has 2 unspecified atom stereocenters. The number of carbonyl (C=O) groups is 1. The average Bonchev–Trinajstić information content (AvgIpc) is 3.15. The molecule has 8 atom stereocenters. The molecule has 3 aliphatic carbocycles. The van der Waals surface area contributed by atoms with Crippen LogP contribution in [0.2, 0.25) is 0 Å². The molecular formula is C26H38O3S. The van der Waals surface area contributed by atoms with Gasteiger partial charge in [0.15, 0.2) is 5.78 Å². The van der Waals surface area contributed by atoms with Crippen LogP contribution < -0.4 is 0 Å². The summed E-state index contributed by atoms with van der Waals surface area (Å²) in [6.07, 6.45) is 4.37. The lowest BCUT2D eigenvalue weighted by Crippen LogP contribution is -2.63. The number of hydrogen-bond donors (Lipinski definition) is 1. The number of aliphatic hydroxyl groups excluding tert-OH is 1. The van der Waals surface area contributed by atoms with E-state index in [0.29, 0.717) is 18.1 Å². The fourth-order valence-electron chi connectivity index (χ4n) is 7.35. The zero-order chi connectivity index (χ0) is 21.7. The van der Waals surface area contributed by atoms with E-state index in [1.54, 1.807) is 11.8 Å². The molecule has 0 saturated heterocycles. The summed E-state index contributed by atoms with van der Waals surface area (Å²) in [5.74, 6) is 1.80. The average molecular weight is 431 g/mol. The summed E-state index contributed by atoms with van der Waals surface area (Å²) in [5, 5.41) is 11.7. The Hall–Kier alpha value is -0.840.